The van der Waals surface area contributed by atoms with Gasteiger partial charge in [0.05, 0.1) is 10.5 Å². The summed E-state index contributed by atoms with van der Waals surface area (Å²) in [6.45, 7) is 0. The first kappa shape index (κ1) is 13.1. The minimum absolute atomic E-state index is 0.0249. The molecule has 0 bridgehead atoms. The van der Waals surface area contributed by atoms with E-state index in [1.165, 1.54) is 18.3 Å². The Bertz CT molecular complexity index is 689. The van der Waals surface area contributed by atoms with Gasteiger partial charge in [-0.2, -0.15) is 4.98 Å². The number of hydrogen-bond acceptors (Lipinski definition) is 8. The van der Waals surface area contributed by atoms with Crippen molar-refractivity contribution in [1.82, 2.24) is 15.0 Å². The first-order chi connectivity index (χ1) is 9.47. The molecule has 0 spiro atoms. The minimum atomic E-state index is -1.11. The Morgan fingerprint density at radius 3 is 2.80 bits per heavy atom. The lowest BCUT2D eigenvalue weighted by Gasteiger charge is -2.05. The molecule has 2 heterocycles. The number of pyridine rings is 1. The molecule has 0 atom stereocenters. The number of nitrogens with one attached hydrogen (secondary N) is 1. The van der Waals surface area contributed by atoms with Gasteiger partial charge >= 0.3 is 11.7 Å². The molecule has 0 saturated carbocycles. The molecule has 4 N–H and O–H groups in total. The van der Waals surface area contributed by atoms with Gasteiger partial charge in [0.2, 0.25) is 11.8 Å². The number of nitrogens with zero attached hydrogens (tertiary/aromatic N) is 4. The number of aromatic nitrogens is 3. The Kier molecular flexibility index (Phi) is 3.37. The summed E-state index contributed by atoms with van der Waals surface area (Å²) >= 11 is 0. The van der Waals surface area contributed by atoms with Crippen molar-refractivity contribution < 1.29 is 14.8 Å². The van der Waals surface area contributed by atoms with Crippen LogP contribution < -0.4 is 11.1 Å². The molecule has 0 fully saturated rings. The van der Waals surface area contributed by atoms with Crippen LogP contribution in [0.5, 0.6) is 0 Å². The van der Waals surface area contributed by atoms with Crippen molar-refractivity contribution in [1.29, 1.82) is 0 Å². The second-order valence-corrected chi connectivity index (χ2v) is 3.58. The van der Waals surface area contributed by atoms with E-state index in [2.05, 4.69) is 20.3 Å². The van der Waals surface area contributed by atoms with E-state index in [1.807, 2.05) is 0 Å². The smallest absolute Gasteiger partial charge is 0.335 e. The summed E-state index contributed by atoms with van der Waals surface area (Å²) in [5, 5.41) is 22.0. The van der Waals surface area contributed by atoms with Crippen molar-refractivity contribution in [3.05, 3.63) is 40.2 Å². The third-order valence-electron chi connectivity index (χ3n) is 2.24. The molecule has 2 aromatic heterocycles. The number of nitrogen functional groups attached to an aromatic ring is 1. The van der Waals surface area contributed by atoms with E-state index < -0.39 is 16.6 Å². The van der Waals surface area contributed by atoms with Crippen LogP contribution in [0.1, 0.15) is 10.4 Å². The molecule has 0 unspecified atom stereocenters. The van der Waals surface area contributed by atoms with E-state index in [1.54, 1.807) is 0 Å². The van der Waals surface area contributed by atoms with Crippen LogP contribution in [0.3, 0.4) is 0 Å². The normalized spacial score (nSPS) is 10.0. The minimum Gasteiger partial charge on any atom is -0.478 e. The van der Waals surface area contributed by atoms with E-state index in [0.717, 1.165) is 6.20 Å². The van der Waals surface area contributed by atoms with Crippen LogP contribution in [-0.2, 0) is 0 Å². The van der Waals surface area contributed by atoms with E-state index in [0.29, 0.717) is 0 Å². The van der Waals surface area contributed by atoms with Gasteiger partial charge in [0.1, 0.15) is 12.0 Å². The highest BCUT2D eigenvalue weighted by Crippen LogP contribution is 2.20. The van der Waals surface area contributed by atoms with Gasteiger partial charge in [-0.3, -0.25) is 10.1 Å². The summed E-state index contributed by atoms with van der Waals surface area (Å²) in [6, 6.07) is 2.59. The highest BCUT2D eigenvalue weighted by molar-refractivity contribution is 5.88. The molecule has 10 nitrogen and oxygen atoms in total. The van der Waals surface area contributed by atoms with Gasteiger partial charge in [0.25, 0.3) is 0 Å². The Balaban J connectivity index is 2.26. The van der Waals surface area contributed by atoms with Gasteiger partial charge in [-0.1, -0.05) is 0 Å². The summed E-state index contributed by atoms with van der Waals surface area (Å²) in [4.78, 5) is 31.9. The fourth-order valence-corrected chi connectivity index (χ4v) is 1.34. The van der Waals surface area contributed by atoms with E-state index >= 15 is 0 Å². The van der Waals surface area contributed by atoms with Crippen molar-refractivity contribution in [3.8, 4) is 0 Å². The molecule has 0 amide bonds. The number of anilines is 3. The first-order valence-corrected chi connectivity index (χ1v) is 5.20. The molecular weight excluding hydrogens is 268 g/mol. The number of carbonyl (C=O) groups is 1. The predicted octanol–water partition coefficient (Wildman–Crippen LogP) is 0.804. The largest absolute Gasteiger partial charge is 0.478 e. The maximum atomic E-state index is 10.8. The zero-order valence-electron chi connectivity index (χ0n) is 9.85. The quantitative estimate of drug-likeness (QED) is 0.542. The Morgan fingerprint density at radius 1 is 1.45 bits per heavy atom. The van der Waals surface area contributed by atoms with Crippen LogP contribution in [0.25, 0.3) is 0 Å². The number of nitrogens with two attached hydrogens (primary N) is 1. The lowest BCUT2D eigenvalue weighted by atomic mass is 10.2. The summed E-state index contributed by atoms with van der Waals surface area (Å²) in [7, 11) is 0. The average molecular weight is 276 g/mol. The van der Waals surface area contributed by atoms with Crippen molar-refractivity contribution >= 4 is 29.2 Å². The standard InChI is InChI=1S/C10H8N6O4/c11-8-6(16(19)20)4-13-10(15-8)14-7-3-5(9(17)18)1-2-12-7/h1-4H,(H,17,18)(H3,11,12,13,14,15). The number of aromatic carboxylic acids is 1. The van der Waals surface area contributed by atoms with Crippen LogP contribution in [0.15, 0.2) is 24.5 Å². The second kappa shape index (κ2) is 5.14. The molecule has 10 heteroatoms. The summed E-state index contributed by atoms with van der Waals surface area (Å²) < 4.78 is 0. The molecule has 0 aromatic carbocycles. The summed E-state index contributed by atoms with van der Waals surface area (Å²) in [6.07, 6.45) is 2.24. The number of carboxylic acids is 1. The zero-order chi connectivity index (χ0) is 14.7. The molecular formula is C10H8N6O4. The number of nitro groups is 1. The van der Waals surface area contributed by atoms with Gasteiger partial charge in [0, 0.05) is 6.20 Å². The number of rotatable bonds is 4. The fraction of sp³-hybridized carbons (Fsp3) is 0. The lowest BCUT2D eigenvalue weighted by Crippen LogP contribution is -2.05. The van der Waals surface area contributed by atoms with Gasteiger partial charge < -0.3 is 16.2 Å². The second-order valence-electron chi connectivity index (χ2n) is 3.58. The molecule has 0 aliphatic rings. The van der Waals surface area contributed by atoms with Crippen LogP contribution in [0.2, 0.25) is 0 Å². The molecule has 2 rings (SSSR count). The summed E-state index contributed by atoms with van der Waals surface area (Å²) in [5.41, 5.74) is 5.02. The number of hydrogen-bond donors (Lipinski definition) is 3. The first-order valence-electron chi connectivity index (χ1n) is 5.20. The van der Waals surface area contributed by atoms with Crippen molar-refractivity contribution in [2.24, 2.45) is 0 Å². The molecule has 102 valence electrons. The molecule has 2 aromatic rings. The fourth-order valence-electron chi connectivity index (χ4n) is 1.34. The summed E-state index contributed by atoms with van der Waals surface area (Å²) in [5.74, 6) is -1.26. The molecule has 0 aliphatic carbocycles. The topological polar surface area (TPSA) is 157 Å². The monoisotopic (exact) mass is 276 g/mol. The van der Waals surface area contributed by atoms with Crippen LogP contribution in [0, 0.1) is 10.1 Å². The SMILES string of the molecule is Nc1nc(Nc2cc(C(=O)O)ccn2)ncc1[N+](=O)[O-]. The predicted molar refractivity (Wildman–Crippen MR) is 67.6 cm³/mol. The third kappa shape index (κ3) is 2.75. The van der Waals surface area contributed by atoms with Gasteiger partial charge in [0.15, 0.2) is 0 Å². The third-order valence-corrected chi connectivity index (χ3v) is 2.24. The van der Waals surface area contributed by atoms with Crippen molar-refractivity contribution in [2.75, 3.05) is 11.1 Å². The molecule has 20 heavy (non-hydrogen) atoms. The Labute approximate surface area is 111 Å². The van der Waals surface area contributed by atoms with Crippen molar-refractivity contribution in [2.45, 2.75) is 0 Å². The van der Waals surface area contributed by atoms with Gasteiger partial charge in [-0.15, -0.1) is 0 Å². The van der Waals surface area contributed by atoms with Gasteiger partial charge in [-0.25, -0.2) is 14.8 Å². The molecule has 0 saturated heterocycles. The lowest BCUT2D eigenvalue weighted by molar-refractivity contribution is -0.384. The van der Waals surface area contributed by atoms with E-state index in [9.17, 15) is 14.9 Å². The maximum Gasteiger partial charge on any atom is 0.335 e. The Morgan fingerprint density at radius 2 is 2.20 bits per heavy atom. The van der Waals surface area contributed by atoms with Gasteiger partial charge in [-0.05, 0) is 12.1 Å². The Hall–Kier alpha value is -3.30. The highest BCUT2D eigenvalue weighted by atomic mass is 16.6. The van der Waals surface area contributed by atoms with Crippen LogP contribution in [-0.4, -0.2) is 31.0 Å². The van der Waals surface area contributed by atoms with Crippen LogP contribution >= 0.6 is 0 Å². The molecule has 0 radical (unpaired) electrons. The average Bonchev–Trinajstić information content (AvgIpc) is 2.38. The maximum absolute atomic E-state index is 10.8. The van der Waals surface area contributed by atoms with Crippen molar-refractivity contribution in [3.63, 3.8) is 0 Å². The molecule has 0 aliphatic heterocycles. The van der Waals surface area contributed by atoms with E-state index in [4.69, 9.17) is 10.8 Å². The zero-order valence-corrected chi connectivity index (χ0v) is 9.85. The van der Waals surface area contributed by atoms with E-state index in [-0.39, 0.29) is 23.1 Å². The highest BCUT2D eigenvalue weighted by Gasteiger charge is 2.14. The van der Waals surface area contributed by atoms with Crippen LogP contribution in [0.4, 0.5) is 23.3 Å². The number of carboxylic acid groups (broad SMARTS) is 1.